The van der Waals surface area contributed by atoms with Gasteiger partial charge in [0.2, 0.25) is 11.8 Å². The summed E-state index contributed by atoms with van der Waals surface area (Å²) in [6.45, 7) is 1.42. The highest BCUT2D eigenvalue weighted by Crippen LogP contribution is 2.38. The number of hydrogen-bond donors (Lipinski definition) is 0. The van der Waals surface area contributed by atoms with Crippen LogP contribution >= 0.6 is 34.5 Å². The van der Waals surface area contributed by atoms with Crippen molar-refractivity contribution in [3.8, 4) is 0 Å². The van der Waals surface area contributed by atoms with Crippen LogP contribution in [0.5, 0.6) is 0 Å². The zero-order valence-corrected chi connectivity index (χ0v) is 21.9. The first-order chi connectivity index (χ1) is 17.0. The number of hydrogen-bond acceptors (Lipinski definition) is 4. The third kappa shape index (κ3) is 6.07. The molecule has 4 rings (SSSR count). The molecular formula is C27H28Cl2N2O3S. The molecule has 2 unspecified atom stereocenters. The molecule has 0 N–H and O–H groups in total. The van der Waals surface area contributed by atoms with E-state index < -0.39 is 5.38 Å². The third-order valence-corrected chi connectivity index (χ3v) is 7.88. The van der Waals surface area contributed by atoms with E-state index in [0.717, 1.165) is 17.5 Å². The van der Waals surface area contributed by atoms with Crippen LogP contribution < -0.4 is 0 Å². The Morgan fingerprint density at radius 3 is 2.60 bits per heavy atom. The van der Waals surface area contributed by atoms with Crippen LogP contribution in [-0.2, 0) is 20.7 Å². The van der Waals surface area contributed by atoms with Gasteiger partial charge in [-0.1, -0.05) is 54.1 Å². The van der Waals surface area contributed by atoms with E-state index in [-0.39, 0.29) is 24.4 Å². The SMILES string of the molecule is COCCCN(CC(=O)N1CCc2sccc2C1c1ccc(Cl)cc1)C(=O)C(Cl)c1ccccc1. The molecule has 0 radical (unpaired) electrons. The van der Waals surface area contributed by atoms with Crippen LogP contribution in [0.2, 0.25) is 5.02 Å². The van der Waals surface area contributed by atoms with Gasteiger partial charge >= 0.3 is 0 Å². The predicted molar refractivity (Wildman–Crippen MR) is 141 cm³/mol. The van der Waals surface area contributed by atoms with Crippen molar-refractivity contribution in [1.82, 2.24) is 9.80 Å². The maximum atomic E-state index is 13.7. The maximum Gasteiger partial charge on any atom is 0.245 e. The number of rotatable bonds is 9. The summed E-state index contributed by atoms with van der Waals surface area (Å²) in [6, 6.07) is 18.7. The Bertz CT molecular complexity index is 1140. The Morgan fingerprint density at radius 2 is 1.89 bits per heavy atom. The molecule has 0 aliphatic carbocycles. The van der Waals surface area contributed by atoms with E-state index in [2.05, 4.69) is 11.4 Å². The summed E-state index contributed by atoms with van der Waals surface area (Å²) in [7, 11) is 1.62. The summed E-state index contributed by atoms with van der Waals surface area (Å²) in [6.07, 6.45) is 1.41. The lowest BCUT2D eigenvalue weighted by Gasteiger charge is -2.38. The Kier molecular flexibility index (Phi) is 8.84. The minimum Gasteiger partial charge on any atom is -0.385 e. The molecule has 1 aliphatic heterocycles. The number of benzene rings is 2. The van der Waals surface area contributed by atoms with Crippen LogP contribution in [0.1, 0.15) is 39.4 Å². The first kappa shape index (κ1) is 25.7. The van der Waals surface area contributed by atoms with E-state index in [4.69, 9.17) is 27.9 Å². The lowest BCUT2D eigenvalue weighted by molar-refractivity contribution is -0.141. The van der Waals surface area contributed by atoms with E-state index in [9.17, 15) is 9.59 Å². The fraction of sp³-hybridized carbons (Fsp3) is 0.333. The molecule has 1 aromatic heterocycles. The Labute approximate surface area is 220 Å². The summed E-state index contributed by atoms with van der Waals surface area (Å²) in [4.78, 5) is 31.8. The molecule has 0 spiro atoms. The molecule has 2 amide bonds. The zero-order valence-electron chi connectivity index (χ0n) is 19.5. The summed E-state index contributed by atoms with van der Waals surface area (Å²) in [5, 5.41) is 1.86. The quantitative estimate of drug-likeness (QED) is 0.262. The largest absolute Gasteiger partial charge is 0.385 e. The molecule has 0 fully saturated rings. The van der Waals surface area contributed by atoms with Crippen molar-refractivity contribution >= 4 is 46.4 Å². The smallest absolute Gasteiger partial charge is 0.245 e. The van der Waals surface area contributed by atoms with Gasteiger partial charge in [-0.15, -0.1) is 22.9 Å². The lowest BCUT2D eigenvalue weighted by atomic mass is 9.93. The molecule has 5 nitrogen and oxygen atoms in total. The Hall–Kier alpha value is -2.38. The fourth-order valence-electron chi connectivity index (χ4n) is 4.44. The highest BCUT2D eigenvalue weighted by Gasteiger charge is 2.34. The number of carbonyl (C=O) groups excluding carboxylic acids is 2. The van der Waals surface area contributed by atoms with Gasteiger partial charge in [0, 0.05) is 36.7 Å². The Balaban J connectivity index is 1.58. The number of methoxy groups -OCH3 is 1. The van der Waals surface area contributed by atoms with Crippen LogP contribution in [0.4, 0.5) is 0 Å². The minimum absolute atomic E-state index is 0.0395. The first-order valence-electron chi connectivity index (χ1n) is 11.6. The van der Waals surface area contributed by atoms with Crippen LogP contribution in [0.15, 0.2) is 66.0 Å². The number of alkyl halides is 1. The molecule has 3 aromatic rings. The Morgan fingerprint density at radius 1 is 1.14 bits per heavy atom. The average molecular weight is 532 g/mol. The first-order valence-corrected chi connectivity index (χ1v) is 13.3. The number of fused-ring (bicyclic) bond motifs is 1. The second-order valence-corrected chi connectivity index (χ2v) is 10.3. The van der Waals surface area contributed by atoms with Crippen molar-refractivity contribution in [3.05, 3.63) is 92.6 Å². The summed E-state index contributed by atoms with van der Waals surface area (Å²) in [5.74, 6) is -0.386. The van der Waals surface area contributed by atoms with Gasteiger partial charge in [-0.2, -0.15) is 0 Å². The molecule has 35 heavy (non-hydrogen) atoms. The van der Waals surface area contributed by atoms with E-state index >= 15 is 0 Å². The van der Waals surface area contributed by atoms with Crippen LogP contribution in [-0.4, -0.2) is 55.0 Å². The van der Waals surface area contributed by atoms with Crippen LogP contribution in [0.3, 0.4) is 0 Å². The van der Waals surface area contributed by atoms with Gasteiger partial charge in [-0.05, 0) is 53.1 Å². The summed E-state index contributed by atoms with van der Waals surface area (Å²) in [5.41, 5.74) is 2.84. The van der Waals surface area contributed by atoms with Crippen molar-refractivity contribution in [2.75, 3.05) is 33.4 Å². The van der Waals surface area contributed by atoms with Gasteiger partial charge in [0.25, 0.3) is 0 Å². The third-order valence-electron chi connectivity index (χ3n) is 6.20. The van der Waals surface area contributed by atoms with Gasteiger partial charge in [0.15, 0.2) is 0 Å². The van der Waals surface area contributed by atoms with Gasteiger partial charge in [-0.3, -0.25) is 9.59 Å². The van der Waals surface area contributed by atoms with E-state index in [1.54, 1.807) is 23.3 Å². The standard InChI is InChI=1S/C27H28Cl2N2O3S/c1-34-16-5-14-30(27(33)25(29)19-6-3-2-4-7-19)18-24(32)31-15-12-23-22(13-17-35-23)26(31)20-8-10-21(28)11-9-20/h2-4,6-11,13,17,25-26H,5,12,14-16,18H2,1H3. The van der Waals surface area contributed by atoms with E-state index in [1.165, 1.54) is 4.88 Å². The zero-order chi connectivity index (χ0) is 24.8. The molecule has 2 atom stereocenters. The van der Waals surface area contributed by atoms with Gasteiger partial charge in [0.05, 0.1) is 12.6 Å². The molecule has 2 heterocycles. The van der Waals surface area contributed by atoms with Crippen molar-refractivity contribution < 1.29 is 14.3 Å². The molecule has 0 bridgehead atoms. The maximum absolute atomic E-state index is 13.7. The molecule has 1 aliphatic rings. The number of nitrogens with zero attached hydrogens (tertiary/aromatic N) is 2. The van der Waals surface area contributed by atoms with Gasteiger partial charge < -0.3 is 14.5 Å². The van der Waals surface area contributed by atoms with Crippen molar-refractivity contribution in [2.45, 2.75) is 24.3 Å². The second kappa shape index (κ2) is 12.0. The van der Waals surface area contributed by atoms with E-state index in [0.29, 0.717) is 36.7 Å². The monoisotopic (exact) mass is 530 g/mol. The average Bonchev–Trinajstić information content (AvgIpc) is 3.37. The van der Waals surface area contributed by atoms with Gasteiger partial charge in [0.1, 0.15) is 5.38 Å². The van der Waals surface area contributed by atoms with Crippen molar-refractivity contribution in [2.24, 2.45) is 0 Å². The highest BCUT2D eigenvalue weighted by molar-refractivity contribution is 7.10. The van der Waals surface area contributed by atoms with Crippen molar-refractivity contribution in [1.29, 1.82) is 0 Å². The van der Waals surface area contributed by atoms with E-state index in [1.807, 2.05) is 59.5 Å². The molecule has 184 valence electrons. The lowest BCUT2D eigenvalue weighted by Crippen LogP contribution is -2.47. The van der Waals surface area contributed by atoms with Crippen molar-refractivity contribution in [3.63, 3.8) is 0 Å². The molecule has 0 saturated heterocycles. The number of thiophene rings is 1. The van der Waals surface area contributed by atoms with Gasteiger partial charge in [-0.25, -0.2) is 0 Å². The number of ether oxygens (including phenoxy) is 1. The topological polar surface area (TPSA) is 49.9 Å². The predicted octanol–water partition coefficient (Wildman–Crippen LogP) is 5.72. The number of amides is 2. The molecule has 2 aromatic carbocycles. The summed E-state index contributed by atoms with van der Waals surface area (Å²) >= 11 is 14.4. The van der Waals surface area contributed by atoms with Crippen LogP contribution in [0, 0.1) is 0 Å². The molecule has 8 heteroatoms. The minimum atomic E-state index is -0.858. The normalized spacial score (nSPS) is 16.0. The summed E-state index contributed by atoms with van der Waals surface area (Å²) < 4.78 is 5.18. The highest BCUT2D eigenvalue weighted by atomic mass is 35.5. The fourth-order valence-corrected chi connectivity index (χ4v) is 5.75. The number of carbonyl (C=O) groups is 2. The van der Waals surface area contributed by atoms with Crippen LogP contribution in [0.25, 0.3) is 0 Å². The second-order valence-electron chi connectivity index (χ2n) is 8.47. The number of halogens is 2. The molecular weight excluding hydrogens is 503 g/mol. The molecule has 0 saturated carbocycles.